The fourth-order valence-electron chi connectivity index (χ4n) is 1.68. The zero-order valence-corrected chi connectivity index (χ0v) is 10.2. The average Bonchev–Trinajstić information content (AvgIpc) is 2.26. The second kappa shape index (κ2) is 5.87. The SMILES string of the molecule is Cc1ccc(C(C)NCCCO)c(O)c1C. The molecule has 0 aliphatic rings. The number of hydrogen-bond donors (Lipinski definition) is 3. The van der Waals surface area contributed by atoms with Crippen LogP contribution in [0.4, 0.5) is 0 Å². The summed E-state index contributed by atoms with van der Waals surface area (Å²) in [5.74, 6) is 0.379. The summed E-state index contributed by atoms with van der Waals surface area (Å²) in [5, 5.41) is 22.0. The molecule has 0 spiro atoms. The van der Waals surface area contributed by atoms with Crippen LogP contribution < -0.4 is 5.32 Å². The summed E-state index contributed by atoms with van der Waals surface area (Å²) in [6, 6.07) is 4.08. The van der Waals surface area contributed by atoms with Gasteiger partial charge in [-0.3, -0.25) is 0 Å². The third kappa shape index (κ3) is 2.97. The number of benzene rings is 1. The van der Waals surface area contributed by atoms with Crippen LogP contribution in [-0.2, 0) is 0 Å². The van der Waals surface area contributed by atoms with E-state index in [-0.39, 0.29) is 12.6 Å². The Balaban J connectivity index is 2.76. The summed E-state index contributed by atoms with van der Waals surface area (Å²) in [7, 11) is 0. The molecule has 1 aromatic carbocycles. The molecule has 0 aliphatic carbocycles. The number of aliphatic hydroxyl groups is 1. The lowest BCUT2D eigenvalue weighted by molar-refractivity contribution is 0.283. The highest BCUT2D eigenvalue weighted by Gasteiger charge is 2.12. The molecule has 1 unspecified atom stereocenters. The summed E-state index contributed by atoms with van der Waals surface area (Å²) >= 11 is 0. The molecule has 0 saturated carbocycles. The van der Waals surface area contributed by atoms with Crippen molar-refractivity contribution in [1.82, 2.24) is 5.32 Å². The zero-order valence-electron chi connectivity index (χ0n) is 10.2. The molecule has 0 fully saturated rings. The van der Waals surface area contributed by atoms with Crippen LogP contribution in [0.2, 0.25) is 0 Å². The van der Waals surface area contributed by atoms with Gasteiger partial charge in [0, 0.05) is 18.2 Å². The summed E-state index contributed by atoms with van der Waals surface area (Å²) in [6.45, 7) is 6.88. The van der Waals surface area contributed by atoms with E-state index in [4.69, 9.17) is 5.11 Å². The molecule has 1 rings (SSSR count). The van der Waals surface area contributed by atoms with Crippen LogP contribution in [0.1, 0.15) is 36.1 Å². The van der Waals surface area contributed by atoms with Gasteiger partial charge < -0.3 is 15.5 Å². The zero-order chi connectivity index (χ0) is 12.1. The molecule has 0 saturated heterocycles. The Labute approximate surface area is 97.1 Å². The van der Waals surface area contributed by atoms with E-state index in [9.17, 15) is 5.11 Å². The van der Waals surface area contributed by atoms with E-state index in [2.05, 4.69) is 5.32 Å². The van der Waals surface area contributed by atoms with Gasteiger partial charge in [-0.1, -0.05) is 12.1 Å². The van der Waals surface area contributed by atoms with Gasteiger partial charge in [-0.05, 0) is 44.9 Å². The van der Waals surface area contributed by atoms with Crippen molar-refractivity contribution in [3.63, 3.8) is 0 Å². The minimum Gasteiger partial charge on any atom is -0.507 e. The van der Waals surface area contributed by atoms with Crippen LogP contribution in [0.5, 0.6) is 5.75 Å². The highest BCUT2D eigenvalue weighted by atomic mass is 16.3. The number of aryl methyl sites for hydroxylation is 1. The van der Waals surface area contributed by atoms with Gasteiger partial charge in [0.05, 0.1) is 0 Å². The summed E-state index contributed by atoms with van der Waals surface area (Å²) in [4.78, 5) is 0. The van der Waals surface area contributed by atoms with Gasteiger partial charge >= 0.3 is 0 Å². The van der Waals surface area contributed by atoms with Crippen molar-refractivity contribution in [2.45, 2.75) is 33.2 Å². The summed E-state index contributed by atoms with van der Waals surface area (Å²) < 4.78 is 0. The fraction of sp³-hybridized carbons (Fsp3) is 0.538. The van der Waals surface area contributed by atoms with E-state index in [0.29, 0.717) is 5.75 Å². The van der Waals surface area contributed by atoms with Crippen molar-refractivity contribution in [3.8, 4) is 5.75 Å². The number of phenolic OH excluding ortho intramolecular Hbond substituents is 1. The van der Waals surface area contributed by atoms with E-state index in [1.807, 2.05) is 32.9 Å². The van der Waals surface area contributed by atoms with Crippen molar-refractivity contribution < 1.29 is 10.2 Å². The van der Waals surface area contributed by atoms with E-state index in [1.54, 1.807) is 0 Å². The number of rotatable bonds is 5. The predicted octanol–water partition coefficient (Wildman–Crippen LogP) is 2.04. The predicted molar refractivity (Wildman–Crippen MR) is 65.7 cm³/mol. The fourth-order valence-corrected chi connectivity index (χ4v) is 1.68. The van der Waals surface area contributed by atoms with Gasteiger partial charge in [0.1, 0.15) is 5.75 Å². The lowest BCUT2D eigenvalue weighted by Crippen LogP contribution is -2.20. The van der Waals surface area contributed by atoms with Crippen molar-refractivity contribution in [2.75, 3.05) is 13.2 Å². The molecule has 3 N–H and O–H groups in total. The van der Waals surface area contributed by atoms with Gasteiger partial charge in [-0.25, -0.2) is 0 Å². The van der Waals surface area contributed by atoms with Gasteiger partial charge in [0.2, 0.25) is 0 Å². The van der Waals surface area contributed by atoms with Gasteiger partial charge in [0.15, 0.2) is 0 Å². The van der Waals surface area contributed by atoms with Crippen LogP contribution >= 0.6 is 0 Å². The van der Waals surface area contributed by atoms with Gasteiger partial charge in [0.25, 0.3) is 0 Å². The van der Waals surface area contributed by atoms with Gasteiger partial charge in [-0.2, -0.15) is 0 Å². The molecule has 3 heteroatoms. The Morgan fingerprint density at radius 3 is 2.62 bits per heavy atom. The monoisotopic (exact) mass is 223 g/mol. The molecular formula is C13H21NO2. The molecule has 0 amide bonds. The molecule has 0 aliphatic heterocycles. The van der Waals surface area contributed by atoms with E-state index in [0.717, 1.165) is 29.7 Å². The number of hydrogen-bond acceptors (Lipinski definition) is 3. The summed E-state index contributed by atoms with van der Waals surface area (Å²) in [6.07, 6.45) is 0.732. The molecule has 90 valence electrons. The molecule has 0 aromatic heterocycles. The highest BCUT2D eigenvalue weighted by Crippen LogP contribution is 2.29. The van der Waals surface area contributed by atoms with Crippen molar-refractivity contribution in [2.24, 2.45) is 0 Å². The Kier molecular flexibility index (Phi) is 4.77. The molecule has 0 bridgehead atoms. The number of aliphatic hydroxyl groups excluding tert-OH is 1. The first-order valence-corrected chi connectivity index (χ1v) is 5.71. The van der Waals surface area contributed by atoms with E-state index in [1.165, 1.54) is 0 Å². The molecule has 3 nitrogen and oxygen atoms in total. The van der Waals surface area contributed by atoms with Gasteiger partial charge in [-0.15, -0.1) is 0 Å². The topological polar surface area (TPSA) is 52.5 Å². The maximum absolute atomic E-state index is 10.0. The first kappa shape index (κ1) is 13.0. The maximum atomic E-state index is 10.0. The maximum Gasteiger partial charge on any atom is 0.123 e. The smallest absolute Gasteiger partial charge is 0.123 e. The van der Waals surface area contributed by atoms with E-state index >= 15 is 0 Å². The van der Waals surface area contributed by atoms with Crippen LogP contribution in [0, 0.1) is 13.8 Å². The average molecular weight is 223 g/mol. The van der Waals surface area contributed by atoms with Crippen LogP contribution in [-0.4, -0.2) is 23.4 Å². The standard InChI is InChI=1S/C13H21NO2/c1-9-5-6-12(13(16)10(9)2)11(3)14-7-4-8-15/h5-6,11,14-16H,4,7-8H2,1-3H3. The largest absolute Gasteiger partial charge is 0.507 e. The molecule has 1 atom stereocenters. The number of phenols is 1. The highest BCUT2D eigenvalue weighted by molar-refractivity contribution is 5.45. The lowest BCUT2D eigenvalue weighted by Gasteiger charge is -2.17. The normalized spacial score (nSPS) is 12.8. The van der Waals surface area contributed by atoms with Crippen LogP contribution in [0.15, 0.2) is 12.1 Å². The molecular weight excluding hydrogens is 202 g/mol. The number of nitrogens with one attached hydrogen (secondary N) is 1. The van der Waals surface area contributed by atoms with Crippen LogP contribution in [0.25, 0.3) is 0 Å². The second-order valence-corrected chi connectivity index (χ2v) is 4.20. The Morgan fingerprint density at radius 1 is 1.31 bits per heavy atom. The number of aromatic hydroxyl groups is 1. The van der Waals surface area contributed by atoms with Crippen molar-refractivity contribution in [1.29, 1.82) is 0 Å². The third-order valence-corrected chi connectivity index (χ3v) is 2.98. The Hall–Kier alpha value is -1.06. The Morgan fingerprint density at radius 2 is 2.00 bits per heavy atom. The minimum atomic E-state index is 0.103. The first-order valence-electron chi connectivity index (χ1n) is 5.71. The van der Waals surface area contributed by atoms with Crippen LogP contribution in [0.3, 0.4) is 0 Å². The second-order valence-electron chi connectivity index (χ2n) is 4.20. The quantitative estimate of drug-likeness (QED) is 0.670. The molecule has 1 aromatic rings. The van der Waals surface area contributed by atoms with Crippen molar-refractivity contribution in [3.05, 3.63) is 28.8 Å². The molecule has 0 radical (unpaired) electrons. The molecule has 16 heavy (non-hydrogen) atoms. The lowest BCUT2D eigenvalue weighted by atomic mass is 10.00. The minimum absolute atomic E-state index is 0.103. The first-order chi connectivity index (χ1) is 7.57. The third-order valence-electron chi connectivity index (χ3n) is 2.98. The summed E-state index contributed by atoms with van der Waals surface area (Å²) in [5.41, 5.74) is 2.96. The molecule has 0 heterocycles. The van der Waals surface area contributed by atoms with Crippen molar-refractivity contribution >= 4 is 0 Å². The Bertz CT molecular complexity index is 350. The van der Waals surface area contributed by atoms with E-state index < -0.39 is 0 Å².